The number of hydrogen-bond donors (Lipinski definition) is 2. The van der Waals surface area contributed by atoms with Gasteiger partial charge in [-0.15, -0.1) is 0 Å². The van der Waals surface area contributed by atoms with Crippen LogP contribution in [0.1, 0.15) is 55.8 Å². The highest BCUT2D eigenvalue weighted by molar-refractivity contribution is 5.95. The van der Waals surface area contributed by atoms with Crippen molar-refractivity contribution in [3.8, 4) is 5.75 Å². The van der Waals surface area contributed by atoms with E-state index in [0.717, 1.165) is 12.8 Å². The van der Waals surface area contributed by atoms with E-state index < -0.39 is 6.10 Å². The maximum Gasteiger partial charge on any atom is 0.258 e. The number of benzene rings is 1. The molecule has 6 heteroatoms. The molecule has 0 spiro atoms. The summed E-state index contributed by atoms with van der Waals surface area (Å²) in [5, 5.41) is 12.5. The minimum Gasteiger partial charge on any atom is -0.484 e. The number of Topliss-reactive ketones (excluding diaryl/α,β-unsaturated/α-hetero) is 1. The van der Waals surface area contributed by atoms with Gasteiger partial charge in [0.15, 0.2) is 12.4 Å². The summed E-state index contributed by atoms with van der Waals surface area (Å²) in [6.45, 7) is 2.04. The molecule has 1 saturated carbocycles. The van der Waals surface area contributed by atoms with Crippen LogP contribution in [0.4, 0.5) is 0 Å². The average molecular weight is 363 g/mol. The number of aliphatic hydroxyl groups is 1. The number of hydrogen-bond acceptors (Lipinski definition) is 5. The zero-order valence-corrected chi connectivity index (χ0v) is 15.4. The monoisotopic (exact) mass is 363 g/mol. The molecule has 26 heavy (non-hydrogen) atoms. The van der Waals surface area contributed by atoms with Crippen molar-refractivity contribution in [3.63, 3.8) is 0 Å². The molecule has 1 atom stereocenters. The summed E-state index contributed by atoms with van der Waals surface area (Å²) in [7, 11) is 0. The van der Waals surface area contributed by atoms with Gasteiger partial charge in [0.1, 0.15) is 5.75 Å². The number of aliphatic hydroxyl groups excluding tert-OH is 1. The lowest BCUT2D eigenvalue weighted by molar-refractivity contribution is -0.123. The predicted molar refractivity (Wildman–Crippen MR) is 98.4 cm³/mol. The fourth-order valence-electron chi connectivity index (χ4n) is 2.91. The van der Waals surface area contributed by atoms with Crippen LogP contribution in [0.5, 0.6) is 5.75 Å². The number of rotatable bonds is 10. The van der Waals surface area contributed by atoms with Crippen LogP contribution in [-0.2, 0) is 9.53 Å². The quantitative estimate of drug-likeness (QED) is 0.624. The molecule has 0 radical (unpaired) electrons. The summed E-state index contributed by atoms with van der Waals surface area (Å²) in [5.74, 6) is 0.281. The standard InChI is InChI=1S/C20H29NO5/c1-2-19(23)15-8-10-18(11-9-15)26-14-20(24)21-12-16(22)13-25-17-6-4-3-5-7-17/h8-11,16-17,22H,2-7,12-14H2,1H3,(H,21,24)/t16-/m1/s1. The molecule has 2 N–H and O–H groups in total. The lowest BCUT2D eigenvalue weighted by Gasteiger charge is -2.23. The second kappa shape index (κ2) is 10.9. The molecule has 0 aromatic heterocycles. The third kappa shape index (κ3) is 7.14. The molecule has 0 bridgehead atoms. The largest absolute Gasteiger partial charge is 0.484 e. The normalized spacial score (nSPS) is 16.1. The first-order valence-corrected chi connectivity index (χ1v) is 9.41. The maximum atomic E-state index is 11.8. The zero-order chi connectivity index (χ0) is 18.8. The molecule has 6 nitrogen and oxygen atoms in total. The van der Waals surface area contributed by atoms with Gasteiger partial charge in [-0.2, -0.15) is 0 Å². The maximum absolute atomic E-state index is 11.8. The van der Waals surface area contributed by atoms with Gasteiger partial charge in [0.2, 0.25) is 0 Å². The van der Waals surface area contributed by atoms with Crippen molar-refractivity contribution in [1.82, 2.24) is 5.32 Å². The summed E-state index contributed by atoms with van der Waals surface area (Å²) in [5.41, 5.74) is 0.630. The Kier molecular flexibility index (Phi) is 8.58. The topological polar surface area (TPSA) is 84.9 Å². The minimum atomic E-state index is -0.722. The van der Waals surface area contributed by atoms with E-state index in [9.17, 15) is 14.7 Å². The first-order valence-electron chi connectivity index (χ1n) is 9.41. The first kappa shape index (κ1) is 20.4. The van der Waals surface area contributed by atoms with Gasteiger partial charge in [0, 0.05) is 18.5 Å². The molecule has 144 valence electrons. The SMILES string of the molecule is CCC(=O)c1ccc(OCC(=O)NC[C@@H](O)COC2CCCCC2)cc1. The van der Waals surface area contributed by atoms with Gasteiger partial charge in [-0.1, -0.05) is 26.2 Å². The first-order chi connectivity index (χ1) is 12.6. The van der Waals surface area contributed by atoms with Crippen LogP contribution in [0.25, 0.3) is 0 Å². The van der Waals surface area contributed by atoms with E-state index in [1.54, 1.807) is 24.3 Å². The van der Waals surface area contributed by atoms with Crippen LogP contribution in [-0.4, -0.2) is 48.8 Å². The van der Waals surface area contributed by atoms with Gasteiger partial charge in [-0.25, -0.2) is 0 Å². The van der Waals surface area contributed by atoms with Gasteiger partial charge < -0.3 is 19.9 Å². The van der Waals surface area contributed by atoms with E-state index in [1.807, 2.05) is 6.92 Å². The van der Waals surface area contributed by atoms with Crippen LogP contribution in [0, 0.1) is 0 Å². The molecule has 1 aliphatic carbocycles. The molecule has 1 aliphatic rings. The van der Waals surface area contributed by atoms with E-state index in [1.165, 1.54) is 19.3 Å². The van der Waals surface area contributed by atoms with Gasteiger partial charge in [0.05, 0.1) is 18.8 Å². The fraction of sp³-hybridized carbons (Fsp3) is 0.600. The van der Waals surface area contributed by atoms with E-state index in [-0.39, 0.29) is 37.6 Å². The number of carbonyl (C=O) groups is 2. The Labute approximate surface area is 154 Å². The van der Waals surface area contributed by atoms with Gasteiger partial charge in [-0.05, 0) is 37.1 Å². The molecule has 0 unspecified atom stereocenters. The lowest BCUT2D eigenvalue weighted by atomic mass is 9.98. The average Bonchev–Trinajstić information content (AvgIpc) is 2.69. The van der Waals surface area contributed by atoms with Crippen molar-refractivity contribution in [3.05, 3.63) is 29.8 Å². The van der Waals surface area contributed by atoms with Crippen LogP contribution < -0.4 is 10.1 Å². The van der Waals surface area contributed by atoms with E-state index >= 15 is 0 Å². The van der Waals surface area contributed by atoms with E-state index in [2.05, 4.69) is 5.32 Å². The van der Waals surface area contributed by atoms with Crippen molar-refractivity contribution in [1.29, 1.82) is 0 Å². The summed E-state index contributed by atoms with van der Waals surface area (Å²) >= 11 is 0. The Morgan fingerprint density at radius 3 is 2.54 bits per heavy atom. The number of ether oxygens (including phenoxy) is 2. The van der Waals surface area contributed by atoms with Crippen molar-refractivity contribution in [2.45, 2.75) is 57.7 Å². The number of nitrogens with one attached hydrogen (secondary N) is 1. The molecular formula is C20H29NO5. The van der Waals surface area contributed by atoms with Gasteiger partial charge in [-0.3, -0.25) is 9.59 Å². The molecule has 0 saturated heterocycles. The van der Waals surface area contributed by atoms with Crippen LogP contribution in [0.2, 0.25) is 0 Å². The summed E-state index contributed by atoms with van der Waals surface area (Å²) in [4.78, 5) is 23.4. The second-order valence-corrected chi connectivity index (χ2v) is 6.64. The summed E-state index contributed by atoms with van der Waals surface area (Å²) in [6.07, 6.45) is 5.70. The highest BCUT2D eigenvalue weighted by Gasteiger charge is 2.16. The molecule has 1 fully saturated rings. The van der Waals surface area contributed by atoms with Crippen molar-refractivity contribution in [2.75, 3.05) is 19.8 Å². The Morgan fingerprint density at radius 2 is 1.88 bits per heavy atom. The van der Waals surface area contributed by atoms with Crippen LogP contribution in [0.15, 0.2) is 24.3 Å². The molecular weight excluding hydrogens is 334 g/mol. The Balaban J connectivity index is 1.61. The highest BCUT2D eigenvalue weighted by atomic mass is 16.5. The molecule has 0 aliphatic heterocycles. The molecule has 0 heterocycles. The van der Waals surface area contributed by atoms with Crippen LogP contribution in [0.3, 0.4) is 0 Å². The molecule has 1 aromatic rings. The zero-order valence-electron chi connectivity index (χ0n) is 15.4. The Hall–Kier alpha value is -1.92. The third-order valence-corrected chi connectivity index (χ3v) is 4.48. The highest BCUT2D eigenvalue weighted by Crippen LogP contribution is 2.20. The van der Waals surface area contributed by atoms with E-state index in [4.69, 9.17) is 9.47 Å². The summed E-state index contributed by atoms with van der Waals surface area (Å²) in [6, 6.07) is 6.71. The number of ketones is 1. The Morgan fingerprint density at radius 1 is 1.19 bits per heavy atom. The molecule has 1 amide bonds. The predicted octanol–water partition coefficient (Wildman–Crippen LogP) is 2.48. The Bertz CT molecular complexity index is 566. The van der Waals surface area contributed by atoms with Gasteiger partial charge in [0.25, 0.3) is 5.91 Å². The second-order valence-electron chi connectivity index (χ2n) is 6.64. The number of amides is 1. The summed E-state index contributed by atoms with van der Waals surface area (Å²) < 4.78 is 11.1. The third-order valence-electron chi connectivity index (χ3n) is 4.48. The lowest BCUT2D eigenvalue weighted by Crippen LogP contribution is -2.38. The molecule has 2 rings (SSSR count). The minimum absolute atomic E-state index is 0.0683. The van der Waals surface area contributed by atoms with Gasteiger partial charge >= 0.3 is 0 Å². The van der Waals surface area contributed by atoms with E-state index in [0.29, 0.717) is 17.7 Å². The fourth-order valence-corrected chi connectivity index (χ4v) is 2.91. The van der Waals surface area contributed by atoms with Crippen molar-refractivity contribution < 1.29 is 24.2 Å². The number of carbonyl (C=O) groups excluding carboxylic acids is 2. The molecule has 1 aromatic carbocycles. The smallest absolute Gasteiger partial charge is 0.258 e. The van der Waals surface area contributed by atoms with Crippen LogP contribution >= 0.6 is 0 Å². The van der Waals surface area contributed by atoms with Crippen molar-refractivity contribution in [2.24, 2.45) is 0 Å². The van der Waals surface area contributed by atoms with Crippen molar-refractivity contribution >= 4 is 11.7 Å².